The van der Waals surface area contributed by atoms with E-state index in [-0.39, 0.29) is 5.96 Å². The van der Waals surface area contributed by atoms with Crippen molar-refractivity contribution in [1.82, 2.24) is 15.8 Å². The monoisotopic (exact) mass is 175 g/mol. The van der Waals surface area contributed by atoms with Crippen LogP contribution in [0.2, 0.25) is 0 Å². The lowest BCUT2D eigenvalue weighted by molar-refractivity contribution is 0.206. The Balaban J connectivity index is 3.99. The summed E-state index contributed by atoms with van der Waals surface area (Å²) >= 11 is 0. The van der Waals surface area contributed by atoms with Gasteiger partial charge in [0, 0.05) is 6.54 Å². The van der Waals surface area contributed by atoms with E-state index < -0.39 is 6.03 Å². The van der Waals surface area contributed by atoms with Crippen LogP contribution in [-0.4, -0.2) is 23.5 Å². The molecule has 70 valence electrons. The number of amides is 2. The van der Waals surface area contributed by atoms with Crippen molar-refractivity contribution in [2.45, 2.75) is 6.92 Å². The Labute approximate surface area is 69.7 Å². The van der Waals surface area contributed by atoms with Gasteiger partial charge in [-0.05, 0) is 6.92 Å². The summed E-state index contributed by atoms with van der Waals surface area (Å²) in [5, 5.41) is 6.29. The number of carbonyl (C=O) groups is 1. The minimum Gasteiger partial charge on any atom is -0.320 e. The van der Waals surface area contributed by atoms with Crippen molar-refractivity contribution in [3.05, 3.63) is 0 Å². The van der Waals surface area contributed by atoms with Crippen molar-refractivity contribution in [3.8, 4) is 0 Å². The third-order valence-electron chi connectivity index (χ3n) is 1.09. The Morgan fingerprint density at radius 2 is 2.25 bits per heavy atom. The normalized spacial score (nSPS) is 10.8. The number of nitrogens with one attached hydrogen (secondary N) is 2. The molecule has 0 heterocycles. The summed E-state index contributed by atoms with van der Waals surface area (Å²) in [5.41, 5.74) is 2.07. The molecule has 0 radical (unpaired) electrons. The van der Waals surface area contributed by atoms with E-state index in [1.165, 1.54) is 0 Å². The van der Waals surface area contributed by atoms with Crippen LogP contribution in [-0.2, 0) is 0 Å². The van der Waals surface area contributed by atoms with Gasteiger partial charge in [-0.1, -0.05) is 0 Å². The largest absolute Gasteiger partial charge is 0.338 e. The average molecular weight is 175 g/mol. The van der Waals surface area contributed by atoms with Gasteiger partial charge in [0.1, 0.15) is 0 Å². The van der Waals surface area contributed by atoms with Crippen molar-refractivity contribution in [3.63, 3.8) is 0 Å². The van der Waals surface area contributed by atoms with Crippen molar-refractivity contribution < 1.29 is 4.79 Å². The highest BCUT2D eigenvalue weighted by Gasteiger charge is 2.08. The van der Waals surface area contributed by atoms with E-state index in [4.69, 9.17) is 17.5 Å². The molecular formula is C4H13N7O. The van der Waals surface area contributed by atoms with Gasteiger partial charge < -0.3 is 5.84 Å². The lowest BCUT2D eigenvalue weighted by Gasteiger charge is -2.14. The van der Waals surface area contributed by atoms with Gasteiger partial charge in [0.05, 0.1) is 0 Å². The highest BCUT2D eigenvalue weighted by molar-refractivity contribution is 5.95. The number of nitrogens with two attached hydrogens (primary N) is 3. The number of urea groups is 1. The fourth-order valence-corrected chi connectivity index (χ4v) is 0.422. The number of hydrogen-bond donors (Lipinski definition) is 5. The summed E-state index contributed by atoms with van der Waals surface area (Å²) in [4.78, 5) is 11.0. The second kappa shape index (κ2) is 5.16. The quantitative estimate of drug-likeness (QED) is 0.0993. The van der Waals surface area contributed by atoms with Crippen LogP contribution in [0.25, 0.3) is 0 Å². The van der Waals surface area contributed by atoms with Crippen molar-refractivity contribution >= 4 is 12.0 Å². The highest BCUT2D eigenvalue weighted by atomic mass is 16.2. The Hall–Kier alpha value is -1.54. The molecule has 0 bridgehead atoms. The van der Waals surface area contributed by atoms with Crippen LogP contribution in [0.4, 0.5) is 4.79 Å². The summed E-state index contributed by atoms with van der Waals surface area (Å²) in [6.07, 6.45) is 0. The molecule has 0 unspecified atom stereocenters. The Bertz CT molecular complexity index is 178. The molecule has 0 aromatic carbocycles. The molecule has 0 rings (SSSR count). The lowest BCUT2D eigenvalue weighted by Crippen LogP contribution is -2.52. The predicted octanol–water partition coefficient (Wildman–Crippen LogP) is -2.42. The topological polar surface area (TPSA) is 135 Å². The minimum atomic E-state index is -0.542. The van der Waals surface area contributed by atoms with E-state index in [0.717, 1.165) is 5.01 Å². The third kappa shape index (κ3) is 3.03. The zero-order valence-electron chi connectivity index (χ0n) is 6.74. The number of guanidine groups is 1. The number of hydrazone groups is 1. The average Bonchev–Trinajstić information content (AvgIpc) is 2.12. The van der Waals surface area contributed by atoms with Crippen molar-refractivity contribution in [2.75, 3.05) is 6.54 Å². The van der Waals surface area contributed by atoms with E-state index in [1.807, 2.05) is 0 Å². The summed E-state index contributed by atoms with van der Waals surface area (Å²) in [6, 6.07) is -0.542. The first kappa shape index (κ1) is 10.5. The first-order valence-electron chi connectivity index (χ1n) is 3.23. The molecule has 0 atom stereocenters. The zero-order chi connectivity index (χ0) is 9.56. The molecule has 0 aliphatic carbocycles. The van der Waals surface area contributed by atoms with Gasteiger partial charge in [-0.25, -0.2) is 16.5 Å². The standard InChI is InChI=1S/C4H13N7O/c1-2-11(7)4(12)8-3(9-5)10-6/h2,5-7H2,1H3,(H2,8,9,10,12). The summed E-state index contributed by atoms with van der Waals surface area (Å²) < 4.78 is 0. The molecule has 2 amide bonds. The molecule has 0 spiro atoms. The van der Waals surface area contributed by atoms with Crippen LogP contribution in [0.1, 0.15) is 6.92 Å². The van der Waals surface area contributed by atoms with Gasteiger partial charge in [0.15, 0.2) is 0 Å². The van der Waals surface area contributed by atoms with Crippen LogP contribution in [0, 0.1) is 0 Å². The number of carbonyl (C=O) groups excluding carboxylic acids is 1. The number of rotatable bonds is 1. The van der Waals surface area contributed by atoms with Crippen molar-refractivity contribution in [1.29, 1.82) is 0 Å². The van der Waals surface area contributed by atoms with E-state index >= 15 is 0 Å². The molecule has 8 heteroatoms. The molecule has 0 saturated carbocycles. The van der Waals surface area contributed by atoms with E-state index in [9.17, 15) is 4.79 Å². The van der Waals surface area contributed by atoms with E-state index in [1.54, 1.807) is 6.92 Å². The summed E-state index contributed by atoms with van der Waals surface area (Å²) in [5.74, 6) is 15.0. The molecule has 0 aromatic rings. The Kier molecular flexibility index (Phi) is 4.49. The predicted molar refractivity (Wildman–Crippen MR) is 44.0 cm³/mol. The number of hydrazine groups is 2. The first-order chi connectivity index (χ1) is 5.65. The zero-order valence-corrected chi connectivity index (χ0v) is 6.74. The molecule has 8 nitrogen and oxygen atoms in total. The summed E-state index contributed by atoms with van der Waals surface area (Å²) in [7, 11) is 0. The third-order valence-corrected chi connectivity index (χ3v) is 1.09. The molecule has 0 aliphatic heterocycles. The van der Waals surface area contributed by atoms with E-state index in [2.05, 4.69) is 15.8 Å². The number of nitrogens with zero attached hydrogens (tertiary/aromatic N) is 2. The molecule has 0 aliphatic rings. The first-order valence-corrected chi connectivity index (χ1v) is 3.23. The van der Waals surface area contributed by atoms with Gasteiger partial charge >= 0.3 is 6.03 Å². The second-order valence-electron chi connectivity index (χ2n) is 1.84. The van der Waals surface area contributed by atoms with Gasteiger partial charge in [-0.3, -0.25) is 15.8 Å². The van der Waals surface area contributed by atoms with Crippen LogP contribution in [0.3, 0.4) is 0 Å². The van der Waals surface area contributed by atoms with Crippen LogP contribution < -0.4 is 28.3 Å². The SMILES string of the molecule is CCN(N)C(=O)N/C(=N/N)NN. The van der Waals surface area contributed by atoms with Crippen LogP contribution in [0.15, 0.2) is 5.10 Å². The second-order valence-corrected chi connectivity index (χ2v) is 1.84. The molecular weight excluding hydrogens is 162 g/mol. The Morgan fingerprint density at radius 3 is 2.58 bits per heavy atom. The molecule has 0 saturated heterocycles. The minimum absolute atomic E-state index is 0.0519. The van der Waals surface area contributed by atoms with E-state index in [0.29, 0.717) is 6.54 Å². The molecule has 8 N–H and O–H groups in total. The lowest BCUT2D eigenvalue weighted by atomic mass is 10.7. The Morgan fingerprint density at radius 1 is 1.67 bits per heavy atom. The van der Waals surface area contributed by atoms with Gasteiger partial charge in [-0.15, -0.1) is 5.10 Å². The maximum atomic E-state index is 11.0. The molecule has 12 heavy (non-hydrogen) atoms. The fraction of sp³-hybridized carbons (Fsp3) is 0.500. The molecule has 0 aromatic heterocycles. The van der Waals surface area contributed by atoms with Gasteiger partial charge in [-0.2, -0.15) is 0 Å². The van der Waals surface area contributed by atoms with Gasteiger partial charge in [0.25, 0.3) is 0 Å². The molecule has 0 fully saturated rings. The maximum Gasteiger partial charge on any atom is 0.338 e. The number of hydrogen-bond acceptors (Lipinski definition) is 5. The maximum absolute atomic E-state index is 11.0. The fourth-order valence-electron chi connectivity index (χ4n) is 0.422. The van der Waals surface area contributed by atoms with Gasteiger partial charge in [0.2, 0.25) is 5.96 Å². The highest BCUT2D eigenvalue weighted by Crippen LogP contribution is 1.77. The smallest absolute Gasteiger partial charge is 0.320 e. The van der Waals surface area contributed by atoms with Crippen LogP contribution in [0.5, 0.6) is 0 Å². The van der Waals surface area contributed by atoms with Crippen molar-refractivity contribution in [2.24, 2.45) is 22.6 Å². The summed E-state index contributed by atoms with van der Waals surface area (Å²) in [6.45, 7) is 2.09. The van der Waals surface area contributed by atoms with Crippen LogP contribution >= 0.6 is 0 Å².